The van der Waals surface area contributed by atoms with Crippen LogP contribution in [0.3, 0.4) is 0 Å². The number of amidine groups is 1. The predicted molar refractivity (Wildman–Crippen MR) is 158 cm³/mol. The largest absolute Gasteiger partial charge is 0.347 e. The highest BCUT2D eigenvalue weighted by atomic mass is 15.4. The van der Waals surface area contributed by atoms with E-state index in [1.807, 2.05) is 0 Å². The molecule has 1 aliphatic rings. The fourth-order valence-corrected chi connectivity index (χ4v) is 4.53. The van der Waals surface area contributed by atoms with E-state index in [9.17, 15) is 0 Å². The van der Waals surface area contributed by atoms with Crippen molar-refractivity contribution in [2.75, 3.05) is 46.1 Å². The Bertz CT molecular complexity index is 914. The maximum Gasteiger partial charge on any atom is 0.135 e. The van der Waals surface area contributed by atoms with Crippen LogP contribution in [0.15, 0.2) is 58.8 Å². The molecule has 0 spiro atoms. The Hall–Kier alpha value is -2.54. The molecule has 1 heterocycles. The Morgan fingerprint density at radius 1 is 1.08 bits per heavy atom. The van der Waals surface area contributed by atoms with Gasteiger partial charge in [-0.05, 0) is 80.0 Å². The zero-order chi connectivity index (χ0) is 26.2. The smallest absolute Gasteiger partial charge is 0.135 e. The quantitative estimate of drug-likeness (QED) is 0.143. The predicted octanol–water partition coefficient (Wildman–Crippen LogP) is 5.24. The normalized spacial score (nSPS) is 15.9. The average Bonchev–Trinajstić information content (AvgIpc) is 3.36. The van der Waals surface area contributed by atoms with Crippen molar-refractivity contribution in [3.05, 3.63) is 65.5 Å². The molecule has 0 aliphatic carbocycles. The van der Waals surface area contributed by atoms with Crippen LogP contribution in [0.1, 0.15) is 63.6 Å². The molecule has 1 saturated heterocycles. The lowest BCUT2D eigenvalue weighted by molar-refractivity contribution is 0.251. The highest BCUT2D eigenvalue weighted by Gasteiger charge is 2.17. The molecule has 0 atom stereocenters. The van der Waals surface area contributed by atoms with E-state index in [4.69, 9.17) is 4.99 Å². The van der Waals surface area contributed by atoms with Gasteiger partial charge in [0.1, 0.15) is 5.84 Å². The summed E-state index contributed by atoms with van der Waals surface area (Å²) in [5, 5.41) is 6.67. The highest BCUT2D eigenvalue weighted by molar-refractivity contribution is 6.03. The van der Waals surface area contributed by atoms with Gasteiger partial charge in [0, 0.05) is 31.4 Å². The third kappa shape index (κ3) is 9.84. The summed E-state index contributed by atoms with van der Waals surface area (Å²) in [6, 6.07) is 6.98. The molecule has 0 unspecified atom stereocenters. The fraction of sp³-hybridized carbons (Fsp3) is 0.533. The zero-order valence-corrected chi connectivity index (χ0v) is 23.2. The second-order valence-corrected chi connectivity index (χ2v) is 9.27. The SMILES string of the molecule is C=CNC(=N/CNCCCN1CCN(CC)C1)/C(=C\N=C)/C=C(\CC)c1cc(CC)cc(CCC)c1. The highest BCUT2D eigenvalue weighted by Crippen LogP contribution is 2.24. The minimum Gasteiger partial charge on any atom is -0.347 e. The molecule has 198 valence electrons. The van der Waals surface area contributed by atoms with E-state index in [-0.39, 0.29) is 0 Å². The van der Waals surface area contributed by atoms with Crippen molar-refractivity contribution in [2.45, 2.75) is 59.8 Å². The lowest BCUT2D eigenvalue weighted by Gasteiger charge is -2.16. The van der Waals surface area contributed by atoms with Crippen molar-refractivity contribution in [3.8, 4) is 0 Å². The van der Waals surface area contributed by atoms with Crippen LogP contribution in [-0.4, -0.2) is 68.4 Å². The van der Waals surface area contributed by atoms with Crippen LogP contribution in [0.25, 0.3) is 5.57 Å². The number of benzene rings is 1. The Balaban J connectivity index is 2.10. The van der Waals surface area contributed by atoms with Gasteiger partial charge >= 0.3 is 0 Å². The summed E-state index contributed by atoms with van der Waals surface area (Å²) in [6.07, 6.45) is 10.9. The summed E-state index contributed by atoms with van der Waals surface area (Å²) in [5.74, 6) is 0.745. The summed E-state index contributed by atoms with van der Waals surface area (Å²) >= 11 is 0. The van der Waals surface area contributed by atoms with E-state index >= 15 is 0 Å². The summed E-state index contributed by atoms with van der Waals surface area (Å²) in [7, 11) is 0. The molecule has 2 rings (SSSR count). The number of nitrogens with one attached hydrogen (secondary N) is 2. The first-order valence-electron chi connectivity index (χ1n) is 13.7. The number of hydrogen-bond acceptors (Lipinski definition) is 5. The molecular weight excluding hydrogens is 444 g/mol. The van der Waals surface area contributed by atoms with E-state index in [0.717, 1.165) is 69.8 Å². The van der Waals surface area contributed by atoms with Gasteiger partial charge in [0.05, 0.1) is 13.3 Å². The van der Waals surface area contributed by atoms with E-state index in [1.165, 1.54) is 35.4 Å². The van der Waals surface area contributed by atoms with Crippen molar-refractivity contribution < 1.29 is 0 Å². The standard InChI is InChI=1S/C30H48N6/c1-7-13-26-18-25(8-2)19-28(20-26)27(9-3)21-29(22-31-6)30(33-10-4)34-23-32-14-12-15-36-17-16-35(11-5)24-36/h10,18-22,32H,4,6-9,11-17,23-24H2,1-3,5H3,(H,33,34)/b27-21+,29-22-. The minimum absolute atomic E-state index is 0.535. The van der Waals surface area contributed by atoms with Crippen LogP contribution in [0.5, 0.6) is 0 Å². The number of likely N-dealkylation sites (N-methyl/N-ethyl adjacent to an activating group) is 1. The second-order valence-electron chi connectivity index (χ2n) is 9.27. The van der Waals surface area contributed by atoms with Gasteiger partial charge in [-0.25, -0.2) is 0 Å². The lowest BCUT2D eigenvalue weighted by atomic mass is 9.94. The Labute approximate surface area is 220 Å². The van der Waals surface area contributed by atoms with Gasteiger partial charge < -0.3 is 5.32 Å². The van der Waals surface area contributed by atoms with Gasteiger partial charge in [0.15, 0.2) is 0 Å². The fourth-order valence-electron chi connectivity index (χ4n) is 4.53. The number of hydrogen-bond donors (Lipinski definition) is 2. The molecule has 0 radical (unpaired) electrons. The van der Waals surface area contributed by atoms with Crippen molar-refractivity contribution in [1.82, 2.24) is 20.4 Å². The molecule has 2 N–H and O–H groups in total. The first-order chi connectivity index (χ1) is 17.6. The molecule has 36 heavy (non-hydrogen) atoms. The maximum atomic E-state index is 4.79. The lowest BCUT2D eigenvalue weighted by Crippen LogP contribution is -2.28. The van der Waals surface area contributed by atoms with Gasteiger partial charge in [-0.15, -0.1) is 0 Å². The van der Waals surface area contributed by atoms with Gasteiger partial charge in [0.25, 0.3) is 0 Å². The van der Waals surface area contributed by atoms with Crippen LogP contribution in [0, 0.1) is 0 Å². The van der Waals surface area contributed by atoms with Crippen molar-refractivity contribution in [2.24, 2.45) is 9.98 Å². The number of aryl methyl sites for hydroxylation is 2. The van der Waals surface area contributed by atoms with Crippen molar-refractivity contribution in [3.63, 3.8) is 0 Å². The van der Waals surface area contributed by atoms with Crippen LogP contribution in [-0.2, 0) is 12.8 Å². The van der Waals surface area contributed by atoms with Gasteiger partial charge in [-0.2, -0.15) is 0 Å². The molecule has 1 aliphatic heterocycles. The Morgan fingerprint density at radius 2 is 1.86 bits per heavy atom. The number of allylic oxidation sites excluding steroid dienone is 1. The molecule has 0 bridgehead atoms. The van der Waals surface area contributed by atoms with Crippen molar-refractivity contribution in [1.29, 1.82) is 0 Å². The van der Waals surface area contributed by atoms with E-state index in [1.54, 1.807) is 12.4 Å². The third-order valence-corrected chi connectivity index (χ3v) is 6.58. The Kier molecular flexibility index (Phi) is 14.0. The molecule has 6 nitrogen and oxygen atoms in total. The van der Waals surface area contributed by atoms with E-state index in [0.29, 0.717) is 6.67 Å². The second kappa shape index (κ2) is 17.0. The van der Waals surface area contributed by atoms with Crippen LogP contribution < -0.4 is 10.6 Å². The van der Waals surface area contributed by atoms with E-state index in [2.05, 4.69) is 90.7 Å². The number of aliphatic imine (C=N–C) groups is 2. The minimum atomic E-state index is 0.535. The van der Waals surface area contributed by atoms with Crippen LogP contribution >= 0.6 is 0 Å². The van der Waals surface area contributed by atoms with E-state index < -0.39 is 0 Å². The molecule has 0 amide bonds. The monoisotopic (exact) mass is 492 g/mol. The van der Waals surface area contributed by atoms with Crippen molar-refractivity contribution >= 4 is 18.1 Å². The van der Waals surface area contributed by atoms with Gasteiger partial charge in [0.2, 0.25) is 0 Å². The van der Waals surface area contributed by atoms with Gasteiger partial charge in [-0.3, -0.25) is 25.1 Å². The third-order valence-electron chi connectivity index (χ3n) is 6.58. The van der Waals surface area contributed by atoms with Crippen LogP contribution in [0.2, 0.25) is 0 Å². The van der Waals surface area contributed by atoms with Crippen LogP contribution in [0.4, 0.5) is 0 Å². The molecule has 1 aromatic carbocycles. The summed E-state index contributed by atoms with van der Waals surface area (Å²) in [5.41, 5.74) is 6.21. The summed E-state index contributed by atoms with van der Waals surface area (Å²) < 4.78 is 0. The average molecular weight is 493 g/mol. The molecule has 0 saturated carbocycles. The molecule has 1 fully saturated rings. The van der Waals surface area contributed by atoms with Gasteiger partial charge in [-0.1, -0.05) is 58.9 Å². The molecular formula is C30H48N6. The molecule has 6 heteroatoms. The molecule has 1 aromatic rings. The number of rotatable bonds is 16. The Morgan fingerprint density at radius 3 is 2.50 bits per heavy atom. The topological polar surface area (TPSA) is 55.3 Å². The summed E-state index contributed by atoms with van der Waals surface area (Å²) in [6.45, 7) is 23.6. The zero-order valence-electron chi connectivity index (χ0n) is 23.2. The summed E-state index contributed by atoms with van der Waals surface area (Å²) in [4.78, 5) is 13.9. The maximum absolute atomic E-state index is 4.79. The number of nitrogens with zero attached hydrogens (tertiary/aromatic N) is 4. The first-order valence-corrected chi connectivity index (χ1v) is 13.7. The molecule has 0 aromatic heterocycles. The first kappa shape index (κ1) is 29.7.